The van der Waals surface area contributed by atoms with Crippen LogP contribution in [0, 0.1) is 0 Å². The van der Waals surface area contributed by atoms with Crippen LogP contribution in [-0.4, -0.2) is 36.2 Å². The van der Waals surface area contributed by atoms with Crippen LogP contribution in [0.2, 0.25) is 0 Å². The van der Waals surface area contributed by atoms with E-state index in [4.69, 9.17) is 10.5 Å². The van der Waals surface area contributed by atoms with E-state index in [2.05, 4.69) is 10.3 Å². The maximum absolute atomic E-state index is 11.8. The third-order valence-electron chi connectivity index (χ3n) is 2.61. The minimum absolute atomic E-state index is 0.124. The molecule has 1 saturated heterocycles. The van der Waals surface area contributed by atoms with Crippen molar-refractivity contribution in [2.45, 2.75) is 18.4 Å². The minimum Gasteiger partial charge on any atom is -0.379 e. The number of amides is 1. The highest BCUT2D eigenvalue weighted by molar-refractivity contribution is 7.09. The molecule has 2 heterocycles. The van der Waals surface area contributed by atoms with E-state index < -0.39 is 5.54 Å². The number of rotatable bonds is 4. The number of hydrogen-bond donors (Lipinski definition) is 2. The molecular formula is C10H15N3O2S. The molecule has 1 fully saturated rings. The molecule has 5 nitrogen and oxygen atoms in total. The molecule has 1 aliphatic heterocycles. The zero-order valence-corrected chi connectivity index (χ0v) is 9.76. The lowest BCUT2D eigenvalue weighted by Crippen LogP contribution is -2.54. The van der Waals surface area contributed by atoms with Crippen LogP contribution in [0.3, 0.4) is 0 Å². The monoisotopic (exact) mass is 241 g/mol. The van der Waals surface area contributed by atoms with Crippen molar-refractivity contribution < 1.29 is 9.53 Å². The zero-order chi connectivity index (χ0) is 11.4. The second-order valence-corrected chi connectivity index (χ2v) is 4.87. The van der Waals surface area contributed by atoms with Crippen molar-refractivity contribution in [2.24, 2.45) is 5.73 Å². The molecule has 1 aromatic rings. The maximum Gasteiger partial charge on any atom is 0.242 e. The van der Waals surface area contributed by atoms with E-state index in [1.807, 2.05) is 5.38 Å². The Hall–Kier alpha value is -0.980. The van der Waals surface area contributed by atoms with Crippen LogP contribution in [-0.2, 0) is 16.0 Å². The first kappa shape index (κ1) is 11.5. The second kappa shape index (κ2) is 4.90. The Morgan fingerprint density at radius 3 is 3.25 bits per heavy atom. The van der Waals surface area contributed by atoms with Crippen LogP contribution >= 0.6 is 11.3 Å². The predicted molar refractivity (Wildman–Crippen MR) is 61.2 cm³/mol. The van der Waals surface area contributed by atoms with E-state index in [9.17, 15) is 4.79 Å². The molecule has 1 aliphatic rings. The smallest absolute Gasteiger partial charge is 0.242 e. The van der Waals surface area contributed by atoms with Gasteiger partial charge in [-0.2, -0.15) is 0 Å². The van der Waals surface area contributed by atoms with Gasteiger partial charge >= 0.3 is 0 Å². The molecule has 88 valence electrons. The summed E-state index contributed by atoms with van der Waals surface area (Å²) in [7, 11) is 0. The third-order valence-corrected chi connectivity index (χ3v) is 3.45. The van der Waals surface area contributed by atoms with Gasteiger partial charge < -0.3 is 15.8 Å². The molecular weight excluding hydrogens is 226 g/mol. The van der Waals surface area contributed by atoms with Gasteiger partial charge in [0.15, 0.2) is 0 Å². The first-order chi connectivity index (χ1) is 7.71. The molecule has 0 saturated carbocycles. The highest BCUT2D eigenvalue weighted by Crippen LogP contribution is 2.15. The van der Waals surface area contributed by atoms with Gasteiger partial charge in [-0.25, -0.2) is 4.98 Å². The molecule has 0 radical (unpaired) electrons. The summed E-state index contributed by atoms with van der Waals surface area (Å²) in [5.41, 5.74) is 5.08. The Morgan fingerprint density at radius 1 is 1.75 bits per heavy atom. The first-order valence-corrected chi connectivity index (χ1v) is 6.12. The summed E-state index contributed by atoms with van der Waals surface area (Å²) in [6.07, 6.45) is 3.10. The van der Waals surface area contributed by atoms with Crippen LogP contribution in [0.15, 0.2) is 11.6 Å². The third kappa shape index (κ3) is 2.58. The van der Waals surface area contributed by atoms with E-state index in [1.165, 1.54) is 0 Å². The van der Waals surface area contributed by atoms with Gasteiger partial charge in [0.1, 0.15) is 5.54 Å². The highest BCUT2D eigenvalue weighted by Gasteiger charge is 2.37. The van der Waals surface area contributed by atoms with Gasteiger partial charge in [0, 0.05) is 31.1 Å². The molecule has 6 heteroatoms. The molecule has 1 atom stereocenters. The molecule has 16 heavy (non-hydrogen) atoms. The summed E-state index contributed by atoms with van der Waals surface area (Å²) in [6.45, 7) is 1.46. The van der Waals surface area contributed by atoms with Gasteiger partial charge in [0.05, 0.1) is 11.6 Å². The zero-order valence-electron chi connectivity index (χ0n) is 8.94. The fourth-order valence-electron chi connectivity index (χ4n) is 1.60. The lowest BCUT2D eigenvalue weighted by Gasteiger charge is -2.20. The molecule has 0 aliphatic carbocycles. The van der Waals surface area contributed by atoms with Crippen molar-refractivity contribution in [2.75, 3.05) is 19.8 Å². The number of ether oxygens (including phenoxy) is 1. The maximum atomic E-state index is 11.8. The average molecular weight is 241 g/mol. The predicted octanol–water partition coefficient (Wildman–Crippen LogP) is -0.0804. The number of thiazole rings is 1. The average Bonchev–Trinajstić information content (AvgIpc) is 2.90. The van der Waals surface area contributed by atoms with Crippen molar-refractivity contribution in [3.05, 3.63) is 16.6 Å². The first-order valence-electron chi connectivity index (χ1n) is 5.24. The van der Waals surface area contributed by atoms with Gasteiger partial charge in [-0.3, -0.25) is 4.79 Å². The van der Waals surface area contributed by atoms with Gasteiger partial charge in [-0.15, -0.1) is 11.3 Å². The van der Waals surface area contributed by atoms with Crippen molar-refractivity contribution in [3.8, 4) is 0 Å². The number of hydrogen-bond acceptors (Lipinski definition) is 5. The molecule has 1 aromatic heterocycles. The van der Waals surface area contributed by atoms with Gasteiger partial charge in [-0.1, -0.05) is 0 Å². The summed E-state index contributed by atoms with van der Waals surface area (Å²) >= 11 is 1.59. The number of nitrogens with zero attached hydrogens (tertiary/aromatic N) is 1. The van der Waals surface area contributed by atoms with E-state index in [-0.39, 0.29) is 5.91 Å². The van der Waals surface area contributed by atoms with Gasteiger partial charge in [-0.05, 0) is 6.42 Å². The molecule has 1 amide bonds. The van der Waals surface area contributed by atoms with E-state index in [0.29, 0.717) is 26.2 Å². The van der Waals surface area contributed by atoms with E-state index >= 15 is 0 Å². The number of aromatic nitrogens is 1. The summed E-state index contributed by atoms with van der Waals surface area (Å²) in [4.78, 5) is 15.9. The fourth-order valence-corrected chi connectivity index (χ4v) is 2.22. The molecule has 0 bridgehead atoms. The molecule has 3 N–H and O–H groups in total. The Balaban J connectivity index is 1.75. The SMILES string of the molecule is NC1(C(=O)NCCc2nccs2)CCOC1. The van der Waals surface area contributed by atoms with Crippen LogP contribution in [0.25, 0.3) is 0 Å². The number of carbonyl (C=O) groups excluding carboxylic acids is 1. The fraction of sp³-hybridized carbons (Fsp3) is 0.600. The van der Waals surface area contributed by atoms with Crippen LogP contribution in [0.4, 0.5) is 0 Å². The van der Waals surface area contributed by atoms with Crippen LogP contribution < -0.4 is 11.1 Å². The number of nitrogens with one attached hydrogen (secondary N) is 1. The normalized spacial score (nSPS) is 24.6. The summed E-state index contributed by atoms with van der Waals surface area (Å²) < 4.78 is 5.14. The quantitative estimate of drug-likeness (QED) is 0.773. The van der Waals surface area contributed by atoms with Crippen molar-refractivity contribution >= 4 is 17.2 Å². The second-order valence-electron chi connectivity index (χ2n) is 3.89. The van der Waals surface area contributed by atoms with Crippen molar-refractivity contribution in [1.82, 2.24) is 10.3 Å². The van der Waals surface area contributed by atoms with Crippen LogP contribution in [0.1, 0.15) is 11.4 Å². The molecule has 0 spiro atoms. The van der Waals surface area contributed by atoms with Crippen LogP contribution in [0.5, 0.6) is 0 Å². The number of nitrogens with two attached hydrogens (primary N) is 1. The van der Waals surface area contributed by atoms with E-state index in [0.717, 1.165) is 11.4 Å². The number of carbonyl (C=O) groups is 1. The molecule has 2 rings (SSSR count). The highest BCUT2D eigenvalue weighted by atomic mass is 32.1. The van der Waals surface area contributed by atoms with Gasteiger partial charge in [0.25, 0.3) is 0 Å². The van der Waals surface area contributed by atoms with Gasteiger partial charge in [0.2, 0.25) is 5.91 Å². The minimum atomic E-state index is -0.830. The van der Waals surface area contributed by atoms with Crippen molar-refractivity contribution in [3.63, 3.8) is 0 Å². The largest absolute Gasteiger partial charge is 0.379 e. The lowest BCUT2D eigenvalue weighted by molar-refractivity contribution is -0.126. The lowest BCUT2D eigenvalue weighted by atomic mass is 9.99. The standard InChI is InChI=1S/C10H15N3O2S/c11-10(2-5-15-7-10)9(14)13-3-1-8-12-4-6-16-8/h4,6H,1-3,5,7,11H2,(H,13,14). The molecule has 1 unspecified atom stereocenters. The Kier molecular flexibility index (Phi) is 3.52. The van der Waals surface area contributed by atoms with Crippen molar-refractivity contribution in [1.29, 1.82) is 0 Å². The molecule has 0 aromatic carbocycles. The Morgan fingerprint density at radius 2 is 2.62 bits per heavy atom. The Labute approximate surface area is 98.0 Å². The Bertz CT molecular complexity index is 347. The topological polar surface area (TPSA) is 77.2 Å². The van der Waals surface area contributed by atoms with E-state index in [1.54, 1.807) is 17.5 Å². The summed E-state index contributed by atoms with van der Waals surface area (Å²) in [6, 6.07) is 0. The summed E-state index contributed by atoms with van der Waals surface area (Å²) in [5.74, 6) is -0.124. The summed E-state index contributed by atoms with van der Waals surface area (Å²) in [5, 5.41) is 5.77.